The van der Waals surface area contributed by atoms with Crippen LogP contribution in [0.5, 0.6) is 0 Å². The quantitative estimate of drug-likeness (QED) is 0.552. The molecule has 78 valence electrons. The lowest BCUT2D eigenvalue weighted by Crippen LogP contribution is -2.35. The van der Waals surface area contributed by atoms with Crippen LogP contribution in [0.4, 0.5) is 0 Å². The van der Waals surface area contributed by atoms with Gasteiger partial charge in [0.05, 0.1) is 12.2 Å². The van der Waals surface area contributed by atoms with E-state index in [4.69, 9.17) is 5.11 Å². The van der Waals surface area contributed by atoms with Crippen molar-refractivity contribution in [2.24, 2.45) is 11.8 Å². The van der Waals surface area contributed by atoms with Gasteiger partial charge in [-0.2, -0.15) is 0 Å². The summed E-state index contributed by atoms with van der Waals surface area (Å²) in [6, 6.07) is 0. The fourth-order valence-corrected chi connectivity index (χ4v) is 1.26. The molecule has 0 fully saturated rings. The Kier molecular flexibility index (Phi) is 5.21. The van der Waals surface area contributed by atoms with E-state index in [1.165, 1.54) is 0 Å². The minimum Gasteiger partial charge on any atom is -0.396 e. The Labute approximate surface area is 79.7 Å². The smallest absolute Gasteiger partial charge is 0.0795 e. The molecule has 0 heterocycles. The van der Waals surface area contributed by atoms with E-state index in [1.54, 1.807) is 20.8 Å². The number of aliphatic hydroxyl groups is 3. The van der Waals surface area contributed by atoms with E-state index in [2.05, 4.69) is 6.58 Å². The molecule has 0 unspecified atom stereocenters. The number of aliphatic hydroxyl groups excluding tert-OH is 3. The number of hydrogen-bond donors (Lipinski definition) is 3. The molecule has 0 radical (unpaired) electrons. The Bertz CT molecular complexity index is 168. The van der Waals surface area contributed by atoms with Crippen molar-refractivity contribution < 1.29 is 15.3 Å². The second-order valence-corrected chi connectivity index (χ2v) is 3.80. The van der Waals surface area contributed by atoms with Gasteiger partial charge in [0.2, 0.25) is 0 Å². The molecule has 13 heavy (non-hydrogen) atoms. The van der Waals surface area contributed by atoms with Gasteiger partial charge in [0.15, 0.2) is 0 Å². The third-order valence-electron chi connectivity index (χ3n) is 2.41. The predicted octanol–water partition coefficient (Wildman–Crippen LogP) is 0.549. The lowest BCUT2D eigenvalue weighted by Gasteiger charge is -2.27. The second kappa shape index (κ2) is 5.37. The summed E-state index contributed by atoms with van der Waals surface area (Å²) < 4.78 is 0. The fraction of sp³-hybridized carbons (Fsp3) is 0.800. The van der Waals surface area contributed by atoms with Gasteiger partial charge >= 0.3 is 0 Å². The lowest BCUT2D eigenvalue weighted by atomic mass is 9.87. The first-order valence-corrected chi connectivity index (χ1v) is 4.54. The summed E-state index contributed by atoms with van der Waals surface area (Å²) in [6.07, 6.45) is -1.40. The monoisotopic (exact) mass is 188 g/mol. The van der Waals surface area contributed by atoms with E-state index in [0.29, 0.717) is 5.57 Å². The maximum absolute atomic E-state index is 9.64. The molecule has 0 aromatic heterocycles. The zero-order chi connectivity index (χ0) is 10.6. The van der Waals surface area contributed by atoms with E-state index in [1.807, 2.05) is 0 Å². The Morgan fingerprint density at radius 3 is 2.08 bits per heavy atom. The third kappa shape index (κ3) is 3.46. The molecule has 0 aromatic rings. The van der Waals surface area contributed by atoms with Crippen molar-refractivity contribution in [3.05, 3.63) is 12.2 Å². The highest BCUT2D eigenvalue weighted by atomic mass is 16.3. The molecule has 0 bridgehead atoms. The van der Waals surface area contributed by atoms with Gasteiger partial charge in [-0.25, -0.2) is 0 Å². The van der Waals surface area contributed by atoms with Crippen molar-refractivity contribution >= 4 is 0 Å². The first-order chi connectivity index (χ1) is 5.91. The van der Waals surface area contributed by atoms with Crippen LogP contribution in [0.2, 0.25) is 0 Å². The SMILES string of the molecule is C=C(C)[C@H](O)[C@@H](C)[C@@H](O)[C@H](C)CO. The molecular formula is C10H20O3. The van der Waals surface area contributed by atoms with Gasteiger partial charge < -0.3 is 15.3 Å². The molecule has 3 heteroatoms. The molecule has 0 aliphatic rings. The van der Waals surface area contributed by atoms with E-state index >= 15 is 0 Å². The summed E-state index contributed by atoms with van der Waals surface area (Å²) in [5.41, 5.74) is 0.636. The van der Waals surface area contributed by atoms with Gasteiger partial charge in [-0.05, 0) is 6.92 Å². The summed E-state index contributed by atoms with van der Waals surface area (Å²) in [4.78, 5) is 0. The average molecular weight is 188 g/mol. The zero-order valence-electron chi connectivity index (χ0n) is 8.57. The van der Waals surface area contributed by atoms with Gasteiger partial charge in [0, 0.05) is 18.4 Å². The number of hydrogen-bond acceptors (Lipinski definition) is 3. The van der Waals surface area contributed by atoms with Gasteiger partial charge in [0.25, 0.3) is 0 Å². The van der Waals surface area contributed by atoms with Gasteiger partial charge in [-0.15, -0.1) is 0 Å². The van der Waals surface area contributed by atoms with Crippen molar-refractivity contribution in [2.45, 2.75) is 33.0 Å². The van der Waals surface area contributed by atoms with Crippen LogP contribution >= 0.6 is 0 Å². The van der Waals surface area contributed by atoms with Crippen LogP contribution in [-0.4, -0.2) is 34.1 Å². The zero-order valence-corrected chi connectivity index (χ0v) is 8.57. The highest BCUT2D eigenvalue weighted by Gasteiger charge is 2.26. The van der Waals surface area contributed by atoms with Crippen LogP contribution in [0.3, 0.4) is 0 Å². The topological polar surface area (TPSA) is 60.7 Å². The van der Waals surface area contributed by atoms with Crippen LogP contribution in [0.15, 0.2) is 12.2 Å². The summed E-state index contributed by atoms with van der Waals surface area (Å²) in [5, 5.41) is 28.0. The van der Waals surface area contributed by atoms with Crippen LogP contribution in [0, 0.1) is 11.8 Å². The summed E-state index contributed by atoms with van der Waals surface area (Å²) in [5.74, 6) is -0.511. The van der Waals surface area contributed by atoms with Crippen molar-refractivity contribution in [3.63, 3.8) is 0 Å². The largest absolute Gasteiger partial charge is 0.396 e. The van der Waals surface area contributed by atoms with Gasteiger partial charge in [0.1, 0.15) is 0 Å². The molecule has 0 amide bonds. The first-order valence-electron chi connectivity index (χ1n) is 4.54. The molecule has 4 atom stereocenters. The number of rotatable bonds is 5. The van der Waals surface area contributed by atoms with Crippen molar-refractivity contribution in [1.82, 2.24) is 0 Å². The second-order valence-electron chi connectivity index (χ2n) is 3.80. The molecule has 0 aliphatic carbocycles. The molecular weight excluding hydrogens is 168 g/mol. The normalized spacial score (nSPS) is 20.5. The summed E-state index contributed by atoms with van der Waals surface area (Å²) in [6.45, 7) is 8.75. The maximum atomic E-state index is 9.64. The molecule has 3 nitrogen and oxygen atoms in total. The van der Waals surface area contributed by atoms with Crippen molar-refractivity contribution in [3.8, 4) is 0 Å². The van der Waals surface area contributed by atoms with Crippen LogP contribution in [0.25, 0.3) is 0 Å². The first kappa shape index (κ1) is 12.6. The van der Waals surface area contributed by atoms with Crippen LogP contribution < -0.4 is 0 Å². The molecule has 0 rings (SSSR count). The Hall–Kier alpha value is -0.380. The lowest BCUT2D eigenvalue weighted by molar-refractivity contribution is -0.00734. The minimum absolute atomic E-state index is 0.0750. The van der Waals surface area contributed by atoms with Crippen LogP contribution in [0.1, 0.15) is 20.8 Å². The Balaban J connectivity index is 4.24. The van der Waals surface area contributed by atoms with E-state index in [0.717, 1.165) is 0 Å². The molecule has 0 aromatic carbocycles. The maximum Gasteiger partial charge on any atom is 0.0795 e. The summed E-state index contributed by atoms with van der Waals surface area (Å²) in [7, 11) is 0. The Morgan fingerprint density at radius 1 is 1.31 bits per heavy atom. The van der Waals surface area contributed by atoms with E-state index in [9.17, 15) is 10.2 Å². The highest BCUT2D eigenvalue weighted by molar-refractivity contribution is 5.00. The summed E-state index contributed by atoms with van der Waals surface area (Å²) >= 11 is 0. The van der Waals surface area contributed by atoms with Crippen molar-refractivity contribution in [2.75, 3.05) is 6.61 Å². The van der Waals surface area contributed by atoms with Gasteiger partial charge in [-0.3, -0.25) is 0 Å². The standard InChI is InChI=1S/C10H20O3/c1-6(2)9(12)8(4)10(13)7(3)5-11/h7-13H,1,5H2,2-4H3/t7-,8-,9+,10+/m1/s1. The fourth-order valence-electron chi connectivity index (χ4n) is 1.26. The molecule has 3 N–H and O–H groups in total. The molecule has 0 spiro atoms. The van der Waals surface area contributed by atoms with Gasteiger partial charge in [-0.1, -0.05) is 26.0 Å². The molecule has 0 saturated carbocycles. The molecule has 0 saturated heterocycles. The highest BCUT2D eigenvalue weighted by Crippen LogP contribution is 2.19. The van der Waals surface area contributed by atoms with E-state index in [-0.39, 0.29) is 18.4 Å². The van der Waals surface area contributed by atoms with Crippen LogP contribution in [-0.2, 0) is 0 Å². The Morgan fingerprint density at radius 2 is 1.77 bits per heavy atom. The minimum atomic E-state index is -0.705. The van der Waals surface area contributed by atoms with Crippen molar-refractivity contribution in [1.29, 1.82) is 0 Å². The average Bonchev–Trinajstić information content (AvgIpc) is 2.12. The molecule has 0 aliphatic heterocycles. The van der Waals surface area contributed by atoms with E-state index < -0.39 is 12.2 Å². The predicted molar refractivity (Wildman–Crippen MR) is 52.2 cm³/mol. The third-order valence-corrected chi connectivity index (χ3v) is 2.41.